The van der Waals surface area contributed by atoms with Gasteiger partial charge in [0.1, 0.15) is 24.1 Å². The molecule has 1 fully saturated rings. The van der Waals surface area contributed by atoms with Gasteiger partial charge in [0.25, 0.3) is 0 Å². The van der Waals surface area contributed by atoms with Gasteiger partial charge in [-0.2, -0.15) is 9.97 Å². The third-order valence-corrected chi connectivity index (χ3v) is 5.65. The Hall–Kier alpha value is -3.39. The number of imidazole rings is 1. The van der Waals surface area contributed by atoms with Gasteiger partial charge in [-0.1, -0.05) is 12.1 Å². The highest BCUT2D eigenvalue weighted by Gasteiger charge is 2.48. The molecule has 34 heavy (non-hydrogen) atoms. The number of amides is 1. The van der Waals surface area contributed by atoms with Gasteiger partial charge in [0.05, 0.1) is 12.9 Å². The van der Waals surface area contributed by atoms with Crippen molar-refractivity contribution in [3.63, 3.8) is 0 Å². The van der Waals surface area contributed by atoms with E-state index in [0.717, 1.165) is 10.5 Å². The van der Waals surface area contributed by atoms with Crippen LogP contribution in [0, 0.1) is 5.82 Å². The van der Waals surface area contributed by atoms with E-state index in [1.807, 2.05) is 0 Å². The van der Waals surface area contributed by atoms with Crippen LogP contribution in [0.2, 0.25) is 0 Å². The Morgan fingerprint density at radius 3 is 2.71 bits per heavy atom. The van der Waals surface area contributed by atoms with E-state index in [9.17, 15) is 24.5 Å². The van der Waals surface area contributed by atoms with Gasteiger partial charge in [-0.05, 0) is 24.6 Å². The monoisotopic (exact) mass is 476 g/mol. The molecule has 1 amide bonds. The van der Waals surface area contributed by atoms with Gasteiger partial charge >= 0.3 is 6.01 Å². The molecular formula is C21H25FN6O6. The highest BCUT2D eigenvalue weighted by molar-refractivity contribution is 5.82. The zero-order valence-corrected chi connectivity index (χ0v) is 18.2. The number of rotatable bonds is 9. The third-order valence-electron chi connectivity index (χ3n) is 5.65. The van der Waals surface area contributed by atoms with Crippen molar-refractivity contribution in [1.82, 2.24) is 24.4 Å². The first-order valence-corrected chi connectivity index (χ1v) is 10.6. The lowest BCUT2D eigenvalue weighted by atomic mass is 10.1. The molecule has 3 aromatic rings. The van der Waals surface area contributed by atoms with Gasteiger partial charge in [0, 0.05) is 13.0 Å². The van der Waals surface area contributed by atoms with E-state index < -0.39 is 30.8 Å². The number of carbonyl (C=O) groups excluding carboxylic acids is 1. The molecule has 2 aromatic heterocycles. The lowest BCUT2D eigenvalue weighted by Crippen LogP contribution is -2.48. The lowest BCUT2D eigenvalue weighted by Gasteiger charge is -2.28. The van der Waals surface area contributed by atoms with Gasteiger partial charge in [0.2, 0.25) is 6.41 Å². The number of aliphatic hydroxyl groups is 3. The molecule has 1 saturated heterocycles. The molecule has 1 unspecified atom stereocenters. The SMILES string of the molecule is CCN(C=O)C(O)[C@H]1O[C@@H](n2cnc3c(N)nc(OCCc4ccc(F)cc4)nc32)[C@H](O)[C@@H]1O. The number of aliphatic hydroxyl groups excluding tert-OH is 3. The molecule has 1 aliphatic rings. The van der Waals surface area contributed by atoms with Crippen LogP contribution in [-0.4, -0.2) is 83.8 Å². The topological polar surface area (TPSA) is 169 Å². The van der Waals surface area contributed by atoms with Crippen LogP contribution in [-0.2, 0) is 16.0 Å². The zero-order valence-electron chi connectivity index (χ0n) is 18.2. The second-order valence-corrected chi connectivity index (χ2v) is 7.76. The van der Waals surface area contributed by atoms with Crippen molar-refractivity contribution < 1.29 is 34.0 Å². The van der Waals surface area contributed by atoms with Gasteiger partial charge < -0.3 is 35.4 Å². The summed E-state index contributed by atoms with van der Waals surface area (Å²) in [6.07, 6.45) is -4.65. The van der Waals surface area contributed by atoms with Crippen molar-refractivity contribution in [3.8, 4) is 6.01 Å². The van der Waals surface area contributed by atoms with E-state index in [2.05, 4.69) is 15.0 Å². The number of nitrogens with two attached hydrogens (primary N) is 1. The van der Waals surface area contributed by atoms with Crippen LogP contribution >= 0.6 is 0 Å². The number of hydrogen-bond acceptors (Lipinski definition) is 10. The Balaban J connectivity index is 1.54. The Morgan fingerprint density at radius 2 is 2.03 bits per heavy atom. The molecule has 12 nitrogen and oxygen atoms in total. The third kappa shape index (κ3) is 4.50. The molecule has 5 N–H and O–H groups in total. The summed E-state index contributed by atoms with van der Waals surface area (Å²) in [5.74, 6) is -0.299. The average Bonchev–Trinajstić information content (AvgIpc) is 3.37. The number of nitrogen functional groups attached to an aromatic ring is 1. The molecule has 0 aliphatic carbocycles. The molecular weight excluding hydrogens is 451 g/mol. The fourth-order valence-corrected chi connectivity index (χ4v) is 3.75. The summed E-state index contributed by atoms with van der Waals surface area (Å²) >= 11 is 0. The minimum Gasteiger partial charge on any atom is -0.463 e. The van der Waals surface area contributed by atoms with Gasteiger partial charge in [-0.25, -0.2) is 9.37 Å². The molecule has 4 rings (SSSR count). The van der Waals surface area contributed by atoms with Crippen molar-refractivity contribution in [2.24, 2.45) is 0 Å². The predicted molar refractivity (Wildman–Crippen MR) is 116 cm³/mol. The van der Waals surface area contributed by atoms with Crippen LogP contribution in [0.1, 0.15) is 18.7 Å². The summed E-state index contributed by atoms with van der Waals surface area (Å²) < 4.78 is 25.7. The van der Waals surface area contributed by atoms with Crippen molar-refractivity contribution in [2.45, 2.75) is 44.1 Å². The maximum absolute atomic E-state index is 13.0. The number of fused-ring (bicyclic) bond motifs is 1. The van der Waals surface area contributed by atoms with E-state index in [-0.39, 0.29) is 42.0 Å². The predicted octanol–water partition coefficient (Wildman–Crippen LogP) is -0.415. The van der Waals surface area contributed by atoms with Gasteiger partial charge in [-0.15, -0.1) is 0 Å². The maximum Gasteiger partial charge on any atom is 0.320 e. The van der Waals surface area contributed by atoms with Crippen molar-refractivity contribution in [2.75, 3.05) is 18.9 Å². The zero-order chi connectivity index (χ0) is 24.4. The van der Waals surface area contributed by atoms with Crippen LogP contribution in [0.15, 0.2) is 30.6 Å². The Labute approximate surface area is 193 Å². The highest BCUT2D eigenvalue weighted by Crippen LogP contribution is 2.34. The van der Waals surface area contributed by atoms with Crippen LogP contribution in [0.3, 0.4) is 0 Å². The fraction of sp³-hybridized carbons (Fsp3) is 0.429. The first-order chi connectivity index (χ1) is 16.3. The number of halogens is 1. The molecule has 0 saturated carbocycles. The normalized spacial score (nSPS) is 23.2. The molecule has 13 heteroatoms. The molecule has 182 valence electrons. The van der Waals surface area contributed by atoms with Crippen molar-refractivity contribution in [3.05, 3.63) is 42.0 Å². The van der Waals surface area contributed by atoms with E-state index in [1.54, 1.807) is 19.1 Å². The molecule has 1 aliphatic heterocycles. The average molecular weight is 476 g/mol. The number of hydrogen-bond donors (Lipinski definition) is 4. The summed E-state index contributed by atoms with van der Waals surface area (Å²) in [4.78, 5) is 24.7. The largest absolute Gasteiger partial charge is 0.463 e. The minimum atomic E-state index is -1.49. The second kappa shape index (κ2) is 9.85. The van der Waals surface area contributed by atoms with E-state index in [1.165, 1.54) is 23.0 Å². The Kier molecular flexibility index (Phi) is 6.88. The summed E-state index contributed by atoms with van der Waals surface area (Å²) in [5.41, 5.74) is 7.26. The molecule has 1 aromatic carbocycles. The number of anilines is 1. The number of aromatic nitrogens is 4. The number of ether oxygens (including phenoxy) is 2. The summed E-state index contributed by atoms with van der Waals surface area (Å²) in [6, 6.07) is 5.96. The molecule has 0 spiro atoms. The molecule has 0 bridgehead atoms. The van der Waals surface area contributed by atoms with E-state index in [4.69, 9.17) is 15.2 Å². The molecule has 3 heterocycles. The Morgan fingerprint density at radius 1 is 1.29 bits per heavy atom. The van der Waals surface area contributed by atoms with Gasteiger partial charge in [0.15, 0.2) is 29.4 Å². The van der Waals surface area contributed by atoms with Crippen molar-refractivity contribution >= 4 is 23.4 Å². The van der Waals surface area contributed by atoms with Gasteiger partial charge in [-0.3, -0.25) is 9.36 Å². The summed E-state index contributed by atoms with van der Waals surface area (Å²) in [5, 5.41) is 31.4. The Bertz CT molecular complexity index is 1140. The number of carbonyl (C=O) groups is 1. The molecule has 5 atom stereocenters. The van der Waals surface area contributed by atoms with Crippen LogP contribution in [0.5, 0.6) is 6.01 Å². The number of benzene rings is 1. The maximum atomic E-state index is 13.0. The highest BCUT2D eigenvalue weighted by atomic mass is 19.1. The first-order valence-electron chi connectivity index (χ1n) is 10.6. The van der Waals surface area contributed by atoms with Crippen molar-refractivity contribution in [1.29, 1.82) is 0 Å². The second-order valence-electron chi connectivity index (χ2n) is 7.76. The standard InChI is InChI=1S/C21H25FN6O6/c1-2-27(10-29)19(32)16-14(30)15(31)20(34-16)28-9-24-13-17(23)25-21(26-18(13)28)33-8-7-11-3-5-12(22)6-4-11/h3-6,9-10,14-16,19-20,30-32H,2,7-8H2,1H3,(H2,23,25,26)/t14-,15+,16-,19?,20+/m0/s1. The smallest absolute Gasteiger partial charge is 0.320 e. The van der Waals surface area contributed by atoms with E-state index in [0.29, 0.717) is 12.8 Å². The van der Waals surface area contributed by atoms with Crippen LogP contribution in [0.25, 0.3) is 11.2 Å². The summed E-state index contributed by atoms with van der Waals surface area (Å²) in [6.45, 7) is 2.01. The minimum absolute atomic E-state index is 0.0308. The number of nitrogens with zero attached hydrogens (tertiary/aromatic N) is 5. The number of likely N-dealkylation sites (N-methyl/N-ethyl adjacent to an activating group) is 1. The molecule has 0 radical (unpaired) electrons. The summed E-state index contributed by atoms with van der Waals surface area (Å²) in [7, 11) is 0. The van der Waals surface area contributed by atoms with Crippen LogP contribution < -0.4 is 10.5 Å². The van der Waals surface area contributed by atoms with E-state index >= 15 is 0 Å². The van der Waals surface area contributed by atoms with Crippen LogP contribution in [0.4, 0.5) is 10.2 Å². The lowest BCUT2D eigenvalue weighted by molar-refractivity contribution is -0.152. The first kappa shape index (κ1) is 23.8. The quantitative estimate of drug-likeness (QED) is 0.235. The fourth-order valence-electron chi connectivity index (χ4n) is 3.75.